The Labute approximate surface area is 131 Å². The molecule has 0 bridgehead atoms. The first-order chi connectivity index (χ1) is 10.0. The van der Waals surface area contributed by atoms with Gasteiger partial charge in [-0.05, 0) is 32.2 Å². The minimum atomic E-state index is -4.87. The highest BCUT2D eigenvalue weighted by Gasteiger charge is 2.29. The molecule has 6 nitrogen and oxygen atoms in total. The summed E-state index contributed by atoms with van der Waals surface area (Å²) < 4.78 is 47.6. The van der Waals surface area contributed by atoms with Gasteiger partial charge < -0.3 is 5.32 Å². The Balaban J connectivity index is 3.20. The molecule has 1 N–H and O–H groups in total. The lowest BCUT2D eigenvalue weighted by Gasteiger charge is -2.22. The zero-order chi connectivity index (χ0) is 17.1. The highest BCUT2D eigenvalue weighted by molar-refractivity contribution is 7.99. The van der Waals surface area contributed by atoms with E-state index in [1.54, 1.807) is 11.8 Å². The van der Waals surface area contributed by atoms with Crippen LogP contribution in [0.15, 0.2) is 23.1 Å². The summed E-state index contributed by atoms with van der Waals surface area (Å²) in [7, 11) is -4.87. The number of benzene rings is 1. The van der Waals surface area contributed by atoms with Gasteiger partial charge in [-0.25, -0.2) is 8.42 Å². The van der Waals surface area contributed by atoms with Gasteiger partial charge in [-0.2, -0.15) is 20.5 Å². The van der Waals surface area contributed by atoms with Gasteiger partial charge in [0.05, 0.1) is 9.82 Å². The van der Waals surface area contributed by atoms with Crippen LogP contribution in [0.4, 0.5) is 20.2 Å². The number of nitro groups is 1. The number of thioether (sulfide) groups is 1. The Bertz CT molecular complexity index is 663. The van der Waals surface area contributed by atoms with Gasteiger partial charge in [0.15, 0.2) is 0 Å². The number of sulfone groups is 1. The number of nitro benzene ring substituents is 1. The van der Waals surface area contributed by atoms with Gasteiger partial charge in [0.25, 0.3) is 5.69 Å². The van der Waals surface area contributed by atoms with Crippen LogP contribution in [0.3, 0.4) is 0 Å². The van der Waals surface area contributed by atoms with E-state index >= 15 is 0 Å². The summed E-state index contributed by atoms with van der Waals surface area (Å²) >= 11 is 1.54. The van der Waals surface area contributed by atoms with Crippen molar-refractivity contribution in [1.29, 1.82) is 0 Å². The standard InChI is InChI=1S/C12H16F2N2O4S2/c1-12(2,21-3)7-15-9-5-4-8(6-10(9)16(17)18)22(19,20)11(13)14/h4-6,11,15H,7H2,1-3H3. The van der Waals surface area contributed by atoms with Gasteiger partial charge in [-0.3, -0.25) is 10.1 Å². The topological polar surface area (TPSA) is 89.3 Å². The third-order valence-electron chi connectivity index (χ3n) is 2.99. The number of hydrogen-bond donors (Lipinski definition) is 1. The van der Waals surface area contributed by atoms with Crippen molar-refractivity contribution >= 4 is 33.0 Å². The Morgan fingerprint density at radius 2 is 2.00 bits per heavy atom. The molecule has 1 aromatic rings. The number of hydrogen-bond acceptors (Lipinski definition) is 6. The molecule has 22 heavy (non-hydrogen) atoms. The molecule has 0 saturated carbocycles. The number of nitrogens with one attached hydrogen (secondary N) is 1. The Hall–Kier alpha value is -1.42. The summed E-state index contributed by atoms with van der Waals surface area (Å²) in [5.74, 6) is -3.62. The summed E-state index contributed by atoms with van der Waals surface area (Å²) in [6.07, 6.45) is 1.88. The minimum Gasteiger partial charge on any atom is -0.378 e. The molecular weight excluding hydrogens is 338 g/mol. The molecule has 0 aliphatic heterocycles. The van der Waals surface area contributed by atoms with Crippen LogP contribution < -0.4 is 5.32 Å². The molecule has 0 aliphatic carbocycles. The largest absolute Gasteiger partial charge is 0.378 e. The molecule has 0 atom stereocenters. The van der Waals surface area contributed by atoms with Crippen molar-refractivity contribution in [3.05, 3.63) is 28.3 Å². The minimum absolute atomic E-state index is 0.0836. The van der Waals surface area contributed by atoms with E-state index < -0.39 is 31.1 Å². The number of anilines is 1. The lowest BCUT2D eigenvalue weighted by molar-refractivity contribution is -0.384. The number of alkyl halides is 2. The molecule has 0 aliphatic rings. The fourth-order valence-electron chi connectivity index (χ4n) is 1.47. The molecule has 0 amide bonds. The Kier molecular flexibility index (Phi) is 5.74. The molecule has 0 spiro atoms. The summed E-state index contributed by atoms with van der Waals surface area (Å²) in [6, 6.07) is 2.71. The van der Waals surface area contributed by atoms with Crippen LogP contribution in [0.5, 0.6) is 0 Å². The average Bonchev–Trinajstić information content (AvgIpc) is 2.44. The van der Waals surface area contributed by atoms with Crippen molar-refractivity contribution in [2.75, 3.05) is 18.1 Å². The maximum atomic E-state index is 12.5. The second-order valence-electron chi connectivity index (χ2n) is 5.06. The molecule has 0 unspecified atom stereocenters. The zero-order valence-corrected chi connectivity index (χ0v) is 13.8. The van der Waals surface area contributed by atoms with E-state index in [1.165, 1.54) is 0 Å². The normalized spacial score (nSPS) is 12.5. The van der Waals surface area contributed by atoms with Crippen molar-refractivity contribution in [3.63, 3.8) is 0 Å². The fourth-order valence-corrected chi connectivity index (χ4v) is 2.43. The summed E-state index contributed by atoms with van der Waals surface area (Å²) in [5.41, 5.74) is -0.473. The van der Waals surface area contributed by atoms with Crippen LogP contribution in [-0.2, 0) is 9.84 Å². The van der Waals surface area contributed by atoms with E-state index in [1.807, 2.05) is 20.1 Å². The molecular formula is C12H16F2N2O4S2. The van der Waals surface area contributed by atoms with Gasteiger partial charge in [0.1, 0.15) is 5.69 Å². The van der Waals surface area contributed by atoms with Gasteiger partial charge in [0, 0.05) is 17.4 Å². The number of rotatable bonds is 7. The predicted molar refractivity (Wildman–Crippen MR) is 82.4 cm³/mol. The smallest absolute Gasteiger partial charge is 0.341 e. The Morgan fingerprint density at radius 3 is 2.45 bits per heavy atom. The fraction of sp³-hybridized carbons (Fsp3) is 0.500. The maximum Gasteiger partial charge on any atom is 0.341 e. The summed E-state index contributed by atoms with van der Waals surface area (Å²) in [5, 5.41) is 13.9. The number of nitrogens with zero attached hydrogens (tertiary/aromatic N) is 1. The van der Waals surface area contributed by atoms with Crippen LogP contribution in [0, 0.1) is 10.1 Å². The maximum absolute atomic E-state index is 12.5. The van der Waals surface area contributed by atoms with E-state index in [-0.39, 0.29) is 10.4 Å². The van der Waals surface area contributed by atoms with E-state index in [9.17, 15) is 27.3 Å². The molecule has 10 heteroatoms. The SMILES string of the molecule is CSC(C)(C)CNc1ccc(S(=O)(=O)C(F)F)cc1[N+](=O)[O-]. The third kappa shape index (κ3) is 4.29. The molecule has 0 fully saturated rings. The zero-order valence-electron chi connectivity index (χ0n) is 12.2. The van der Waals surface area contributed by atoms with Crippen LogP contribution in [0.1, 0.15) is 13.8 Å². The first-order valence-electron chi connectivity index (χ1n) is 6.11. The highest BCUT2D eigenvalue weighted by Crippen LogP contribution is 2.31. The molecule has 124 valence electrons. The van der Waals surface area contributed by atoms with Crippen molar-refractivity contribution in [2.45, 2.75) is 29.2 Å². The molecule has 0 heterocycles. The first-order valence-corrected chi connectivity index (χ1v) is 8.88. The monoisotopic (exact) mass is 354 g/mol. The highest BCUT2D eigenvalue weighted by atomic mass is 32.2. The summed E-state index contributed by atoms with van der Waals surface area (Å²) in [6.45, 7) is 4.23. The molecule has 1 rings (SSSR count). The van der Waals surface area contributed by atoms with Crippen LogP contribution >= 0.6 is 11.8 Å². The summed E-state index contributed by atoms with van der Waals surface area (Å²) in [4.78, 5) is 9.46. The van der Waals surface area contributed by atoms with Crippen molar-refractivity contribution in [3.8, 4) is 0 Å². The molecule has 0 aromatic heterocycles. The second kappa shape index (κ2) is 6.78. The van der Waals surface area contributed by atoms with Crippen molar-refractivity contribution in [2.24, 2.45) is 0 Å². The predicted octanol–water partition coefficient (Wildman–Crippen LogP) is 3.14. The molecule has 1 aromatic carbocycles. The lowest BCUT2D eigenvalue weighted by atomic mass is 10.2. The second-order valence-corrected chi connectivity index (χ2v) is 8.49. The van der Waals surface area contributed by atoms with Gasteiger partial charge >= 0.3 is 5.76 Å². The first kappa shape index (κ1) is 18.6. The van der Waals surface area contributed by atoms with E-state index in [0.717, 1.165) is 12.1 Å². The molecule has 0 saturated heterocycles. The van der Waals surface area contributed by atoms with E-state index in [0.29, 0.717) is 12.6 Å². The van der Waals surface area contributed by atoms with Crippen LogP contribution in [0.2, 0.25) is 0 Å². The van der Waals surface area contributed by atoms with Gasteiger partial charge in [0.2, 0.25) is 9.84 Å². The Morgan fingerprint density at radius 1 is 1.41 bits per heavy atom. The molecule has 0 radical (unpaired) electrons. The van der Waals surface area contributed by atoms with Crippen molar-refractivity contribution in [1.82, 2.24) is 0 Å². The van der Waals surface area contributed by atoms with Crippen molar-refractivity contribution < 1.29 is 22.1 Å². The average molecular weight is 354 g/mol. The van der Waals surface area contributed by atoms with Gasteiger partial charge in [-0.1, -0.05) is 0 Å². The number of halogens is 2. The van der Waals surface area contributed by atoms with E-state index in [2.05, 4.69) is 5.32 Å². The van der Waals surface area contributed by atoms with Crippen LogP contribution in [-0.4, -0.2) is 36.6 Å². The lowest BCUT2D eigenvalue weighted by Crippen LogP contribution is -2.26. The van der Waals surface area contributed by atoms with Crippen LogP contribution in [0.25, 0.3) is 0 Å². The quantitative estimate of drug-likeness (QED) is 0.598. The van der Waals surface area contributed by atoms with E-state index in [4.69, 9.17) is 0 Å². The van der Waals surface area contributed by atoms with Gasteiger partial charge in [-0.15, -0.1) is 0 Å². The third-order valence-corrected chi connectivity index (χ3v) is 5.62.